The van der Waals surface area contributed by atoms with Gasteiger partial charge in [0.15, 0.2) is 40.5 Å². The Kier molecular flexibility index (Phi) is 8.85. The summed E-state index contributed by atoms with van der Waals surface area (Å²) in [5, 5.41) is 3.16. The zero-order valence-electron chi connectivity index (χ0n) is 22.8. The average molecular weight is 605 g/mol. The molecule has 0 saturated carbocycles. The molecule has 1 atom stereocenters. The number of halogens is 5. The van der Waals surface area contributed by atoms with Crippen molar-refractivity contribution in [1.82, 2.24) is 14.9 Å². The van der Waals surface area contributed by atoms with Crippen molar-refractivity contribution in [2.45, 2.75) is 25.6 Å². The minimum absolute atomic E-state index is 0.0521. The quantitative estimate of drug-likeness (QED) is 0.106. The molecule has 2 aliphatic rings. The molecule has 9 nitrogen and oxygen atoms in total. The van der Waals surface area contributed by atoms with E-state index in [0.29, 0.717) is 35.1 Å². The highest BCUT2D eigenvalue weighted by Gasteiger charge is 2.29. The third-order valence-corrected chi connectivity index (χ3v) is 6.90. The summed E-state index contributed by atoms with van der Waals surface area (Å²) in [5.74, 6) is -10.0. The third kappa shape index (κ3) is 6.43. The number of likely N-dealkylation sites (tertiary alicyclic amines) is 1. The normalized spacial score (nSPS) is 16.2. The molecular weight excluding hydrogens is 579 g/mol. The molecule has 5 rings (SSSR count). The molecular formula is C29H25F5N4O5. The molecule has 1 aromatic heterocycles. The summed E-state index contributed by atoms with van der Waals surface area (Å²) in [6.45, 7) is 3.58. The first-order chi connectivity index (χ1) is 20.7. The lowest BCUT2D eigenvalue weighted by Crippen LogP contribution is -2.22. The molecule has 3 aromatic rings. The van der Waals surface area contributed by atoms with Crippen LogP contribution < -0.4 is 14.8 Å². The van der Waals surface area contributed by atoms with E-state index in [1.165, 1.54) is 26.3 Å². The van der Waals surface area contributed by atoms with Gasteiger partial charge in [-0.05, 0) is 44.5 Å². The number of alkyl halides is 1. The molecule has 0 bridgehead atoms. The van der Waals surface area contributed by atoms with Crippen molar-refractivity contribution in [2.24, 2.45) is 0 Å². The van der Waals surface area contributed by atoms with Crippen LogP contribution >= 0.6 is 0 Å². The van der Waals surface area contributed by atoms with Crippen molar-refractivity contribution in [3.8, 4) is 11.5 Å². The first kappa shape index (κ1) is 29.9. The summed E-state index contributed by atoms with van der Waals surface area (Å²) in [7, 11) is 1.46. The molecule has 14 heteroatoms. The fraction of sp³-hybridized carbons (Fsp3) is 0.310. The van der Waals surface area contributed by atoms with E-state index in [1.807, 2.05) is 0 Å². The Hall–Kier alpha value is -4.59. The molecule has 0 spiro atoms. The number of methoxy groups -OCH3 is 1. The molecule has 226 valence electrons. The summed E-state index contributed by atoms with van der Waals surface area (Å²) >= 11 is 0. The van der Waals surface area contributed by atoms with Gasteiger partial charge in [-0.1, -0.05) is 0 Å². The van der Waals surface area contributed by atoms with Gasteiger partial charge in [0.05, 0.1) is 30.5 Å². The van der Waals surface area contributed by atoms with Crippen molar-refractivity contribution in [1.29, 1.82) is 0 Å². The first-order valence-corrected chi connectivity index (χ1v) is 13.3. The number of nitrogens with one attached hydrogen (secondary N) is 1. The van der Waals surface area contributed by atoms with E-state index < -0.39 is 52.5 Å². The van der Waals surface area contributed by atoms with E-state index in [9.17, 15) is 31.5 Å². The highest BCUT2D eigenvalue weighted by molar-refractivity contribution is 6.20. The number of ether oxygens (including phenoxy) is 3. The molecule has 0 amide bonds. The van der Waals surface area contributed by atoms with E-state index in [-0.39, 0.29) is 17.6 Å². The summed E-state index contributed by atoms with van der Waals surface area (Å²) in [4.78, 5) is 36.1. The Morgan fingerprint density at radius 1 is 0.953 bits per heavy atom. The molecule has 1 fully saturated rings. The predicted octanol–water partition coefficient (Wildman–Crippen LogP) is 5.08. The van der Waals surface area contributed by atoms with Crippen LogP contribution in [-0.2, 0) is 14.3 Å². The van der Waals surface area contributed by atoms with Crippen molar-refractivity contribution >= 4 is 28.3 Å². The van der Waals surface area contributed by atoms with Crippen LogP contribution in [0.4, 0.5) is 27.8 Å². The zero-order valence-corrected chi connectivity index (χ0v) is 22.8. The lowest BCUT2D eigenvalue weighted by molar-refractivity contribution is -0.120. The van der Waals surface area contributed by atoms with Gasteiger partial charge >= 0.3 is 0 Å². The van der Waals surface area contributed by atoms with Gasteiger partial charge in [-0.3, -0.25) is 9.59 Å². The number of allylic oxidation sites excluding steroid dienone is 2. The van der Waals surface area contributed by atoms with Crippen LogP contribution in [-0.4, -0.2) is 59.8 Å². The van der Waals surface area contributed by atoms with E-state index in [1.54, 1.807) is 12.1 Å². The van der Waals surface area contributed by atoms with E-state index in [0.717, 1.165) is 32.1 Å². The van der Waals surface area contributed by atoms with Gasteiger partial charge in [0.1, 0.15) is 12.1 Å². The van der Waals surface area contributed by atoms with Gasteiger partial charge in [0.2, 0.25) is 11.6 Å². The highest BCUT2D eigenvalue weighted by atomic mass is 19.2. The van der Waals surface area contributed by atoms with Gasteiger partial charge in [-0.25, -0.2) is 27.5 Å². The molecule has 43 heavy (non-hydrogen) atoms. The molecule has 1 N–H and O–H groups in total. The lowest BCUT2D eigenvalue weighted by Gasteiger charge is -2.18. The maximum absolute atomic E-state index is 14.6. The first-order valence-electron chi connectivity index (χ1n) is 13.3. The number of benzene rings is 2. The van der Waals surface area contributed by atoms with Gasteiger partial charge in [0.25, 0.3) is 6.36 Å². The van der Waals surface area contributed by atoms with Crippen LogP contribution in [0.3, 0.4) is 0 Å². The number of rotatable bonds is 11. The standard InChI is InChI=1S/C29H25F5N4O5/c1-41-23-10-15-18(12-24(23)42-8-4-7-38-5-2-3-6-38)35-14-36-29(15)37-19-11-21(40)22(13-20(19)39)43-28(34)16-9-17(30)26(32)27(33)25(16)31/h9-14,28H,2-8H2,1H3,(H,35,36,37). The smallest absolute Gasteiger partial charge is 0.267 e. The summed E-state index contributed by atoms with van der Waals surface area (Å²) in [6, 6.07) is 3.32. The van der Waals surface area contributed by atoms with Gasteiger partial charge in [-0.2, -0.15) is 4.39 Å². The van der Waals surface area contributed by atoms with Crippen molar-refractivity contribution in [2.75, 3.05) is 38.7 Å². The Morgan fingerprint density at radius 3 is 2.47 bits per heavy atom. The Morgan fingerprint density at radius 2 is 1.72 bits per heavy atom. The number of nitrogens with zero attached hydrogens (tertiary/aromatic N) is 3. The number of hydrogen-bond donors (Lipinski definition) is 1. The maximum atomic E-state index is 14.6. The average Bonchev–Trinajstić information content (AvgIpc) is 3.52. The molecule has 1 saturated heterocycles. The highest BCUT2D eigenvalue weighted by Crippen LogP contribution is 2.35. The number of carbonyl (C=O) groups excluding carboxylic acids is 2. The van der Waals surface area contributed by atoms with Crippen LogP contribution in [0.1, 0.15) is 31.2 Å². The van der Waals surface area contributed by atoms with E-state index in [2.05, 4.69) is 24.9 Å². The van der Waals surface area contributed by atoms with Crippen molar-refractivity contribution in [3.05, 3.63) is 77.0 Å². The second-order valence-corrected chi connectivity index (χ2v) is 9.74. The minimum atomic E-state index is -2.93. The number of carbonyl (C=O) groups is 2. The fourth-order valence-corrected chi connectivity index (χ4v) is 4.70. The van der Waals surface area contributed by atoms with Crippen LogP contribution in [0.5, 0.6) is 11.5 Å². The Labute approximate surface area is 241 Å². The third-order valence-electron chi connectivity index (χ3n) is 6.90. The second kappa shape index (κ2) is 12.7. The Balaban J connectivity index is 1.29. The van der Waals surface area contributed by atoms with E-state index >= 15 is 0 Å². The number of anilines is 1. The topological polar surface area (TPSA) is 103 Å². The molecule has 2 heterocycles. The molecule has 1 aliphatic heterocycles. The van der Waals surface area contributed by atoms with Crippen molar-refractivity contribution in [3.63, 3.8) is 0 Å². The summed E-state index contributed by atoms with van der Waals surface area (Å²) in [6.07, 6.45) is 2.95. The number of aromatic nitrogens is 2. The maximum Gasteiger partial charge on any atom is 0.267 e. The molecule has 2 aromatic carbocycles. The van der Waals surface area contributed by atoms with Crippen LogP contribution in [0.2, 0.25) is 0 Å². The number of fused-ring (bicyclic) bond motifs is 1. The second-order valence-electron chi connectivity index (χ2n) is 9.74. The monoisotopic (exact) mass is 604 g/mol. The zero-order chi connectivity index (χ0) is 30.7. The van der Waals surface area contributed by atoms with Gasteiger partial charge in [0, 0.05) is 30.1 Å². The van der Waals surface area contributed by atoms with Crippen LogP contribution in [0.15, 0.2) is 48.1 Å². The SMILES string of the molecule is COc1cc2c(NC3=CC(=O)C(OC(F)c4cc(F)c(F)c(F)c4F)=CC3=O)ncnc2cc1OCCCN1CCCC1. The molecule has 0 radical (unpaired) electrons. The van der Waals surface area contributed by atoms with Gasteiger partial charge < -0.3 is 24.4 Å². The Bertz CT molecular complexity index is 1640. The lowest BCUT2D eigenvalue weighted by atomic mass is 10.1. The molecule has 1 unspecified atom stereocenters. The minimum Gasteiger partial charge on any atom is -0.493 e. The fourth-order valence-electron chi connectivity index (χ4n) is 4.70. The largest absolute Gasteiger partial charge is 0.493 e. The van der Waals surface area contributed by atoms with E-state index in [4.69, 9.17) is 9.47 Å². The summed E-state index contributed by atoms with van der Waals surface area (Å²) < 4.78 is 84.8. The summed E-state index contributed by atoms with van der Waals surface area (Å²) in [5.41, 5.74) is -1.15. The van der Waals surface area contributed by atoms with Crippen LogP contribution in [0, 0.1) is 23.3 Å². The van der Waals surface area contributed by atoms with Gasteiger partial charge in [-0.15, -0.1) is 0 Å². The molecule has 1 aliphatic carbocycles. The van der Waals surface area contributed by atoms with Crippen LogP contribution in [0.25, 0.3) is 10.9 Å². The number of ketones is 2. The number of hydrogen-bond acceptors (Lipinski definition) is 9. The predicted molar refractivity (Wildman–Crippen MR) is 143 cm³/mol. The van der Waals surface area contributed by atoms with Crippen molar-refractivity contribution < 1.29 is 45.8 Å².